The first kappa shape index (κ1) is 15.4. The van der Waals surface area contributed by atoms with Gasteiger partial charge in [-0.25, -0.2) is 0 Å². The molecule has 4 heteroatoms. The first-order valence-corrected chi connectivity index (χ1v) is 7.16. The fraction of sp³-hybridized carbons (Fsp3) is 0.235. The topological polar surface area (TPSA) is 38.3 Å². The molecule has 2 aromatic carbocycles. The number of amides is 1. The number of nitrogens with one attached hydrogen (secondary N) is 1. The van der Waals surface area contributed by atoms with Crippen molar-refractivity contribution in [3.05, 3.63) is 59.1 Å². The molecule has 0 aromatic heterocycles. The third-order valence-corrected chi connectivity index (χ3v) is 3.53. The normalized spacial score (nSPS) is 11.8. The molecule has 110 valence electrons. The minimum atomic E-state index is -0.0630. The number of rotatable bonds is 5. The molecule has 1 N–H and O–H groups in total. The van der Waals surface area contributed by atoms with Gasteiger partial charge in [0.1, 0.15) is 5.75 Å². The first-order chi connectivity index (χ1) is 10.1. The highest BCUT2D eigenvalue weighted by Crippen LogP contribution is 2.28. The van der Waals surface area contributed by atoms with Crippen LogP contribution < -0.4 is 10.1 Å². The second-order valence-corrected chi connectivity index (χ2v) is 5.35. The fourth-order valence-corrected chi connectivity index (χ4v) is 2.33. The summed E-state index contributed by atoms with van der Waals surface area (Å²) in [6.07, 6.45) is 0.402. The standard InChI is InChI=1S/C17H18ClNO2/c1-12(13-6-4-3-5-7-13)10-17(20)19-15-11-14(18)8-9-16(15)21-2/h3-9,11-12H,10H2,1-2H3,(H,19,20)/t12-/m0/s1. The Morgan fingerprint density at radius 1 is 1.24 bits per heavy atom. The van der Waals surface area contributed by atoms with Crippen LogP contribution in [0.15, 0.2) is 48.5 Å². The van der Waals surface area contributed by atoms with E-state index < -0.39 is 0 Å². The lowest BCUT2D eigenvalue weighted by atomic mass is 9.97. The summed E-state index contributed by atoms with van der Waals surface area (Å²) in [6, 6.07) is 15.1. The highest BCUT2D eigenvalue weighted by Gasteiger charge is 2.13. The van der Waals surface area contributed by atoms with E-state index in [9.17, 15) is 4.79 Å². The van der Waals surface area contributed by atoms with E-state index in [4.69, 9.17) is 16.3 Å². The van der Waals surface area contributed by atoms with Crippen molar-refractivity contribution >= 4 is 23.2 Å². The highest BCUT2D eigenvalue weighted by atomic mass is 35.5. The van der Waals surface area contributed by atoms with Crippen LogP contribution in [0.25, 0.3) is 0 Å². The van der Waals surface area contributed by atoms with Crippen molar-refractivity contribution in [1.82, 2.24) is 0 Å². The average molecular weight is 304 g/mol. The van der Waals surface area contributed by atoms with Gasteiger partial charge in [0.25, 0.3) is 0 Å². The maximum absolute atomic E-state index is 12.2. The number of ether oxygens (including phenoxy) is 1. The smallest absolute Gasteiger partial charge is 0.225 e. The van der Waals surface area contributed by atoms with Crippen molar-refractivity contribution in [2.75, 3.05) is 12.4 Å². The number of benzene rings is 2. The van der Waals surface area contributed by atoms with Crippen molar-refractivity contribution in [3.8, 4) is 5.75 Å². The third-order valence-electron chi connectivity index (χ3n) is 3.30. The van der Waals surface area contributed by atoms with Crippen molar-refractivity contribution < 1.29 is 9.53 Å². The summed E-state index contributed by atoms with van der Waals surface area (Å²) in [5.74, 6) is 0.684. The Morgan fingerprint density at radius 2 is 1.95 bits per heavy atom. The molecule has 2 aromatic rings. The molecular weight excluding hydrogens is 286 g/mol. The van der Waals surface area contributed by atoms with Gasteiger partial charge in [-0.2, -0.15) is 0 Å². The summed E-state index contributed by atoms with van der Waals surface area (Å²) in [5.41, 5.74) is 1.74. The van der Waals surface area contributed by atoms with Gasteiger partial charge in [-0.1, -0.05) is 48.9 Å². The molecule has 0 unspecified atom stereocenters. The molecule has 0 aliphatic carbocycles. The molecule has 0 saturated heterocycles. The Morgan fingerprint density at radius 3 is 2.62 bits per heavy atom. The lowest BCUT2D eigenvalue weighted by Gasteiger charge is -2.14. The van der Waals surface area contributed by atoms with Crippen LogP contribution in [0.4, 0.5) is 5.69 Å². The van der Waals surface area contributed by atoms with E-state index in [1.54, 1.807) is 25.3 Å². The Labute approximate surface area is 129 Å². The summed E-state index contributed by atoms with van der Waals surface area (Å²) in [4.78, 5) is 12.2. The van der Waals surface area contributed by atoms with Crippen LogP contribution in [-0.4, -0.2) is 13.0 Å². The van der Waals surface area contributed by atoms with Gasteiger partial charge in [0.15, 0.2) is 0 Å². The van der Waals surface area contributed by atoms with Gasteiger partial charge in [0.2, 0.25) is 5.91 Å². The Bertz CT molecular complexity index is 613. The van der Waals surface area contributed by atoms with Gasteiger partial charge in [-0.15, -0.1) is 0 Å². The van der Waals surface area contributed by atoms with Gasteiger partial charge >= 0.3 is 0 Å². The molecule has 0 saturated carbocycles. The van der Waals surface area contributed by atoms with Gasteiger partial charge in [-0.05, 0) is 29.7 Å². The van der Waals surface area contributed by atoms with Crippen molar-refractivity contribution in [3.63, 3.8) is 0 Å². The molecule has 0 bridgehead atoms. The molecule has 0 radical (unpaired) electrons. The molecule has 0 fully saturated rings. The second-order valence-electron chi connectivity index (χ2n) is 4.91. The number of carbonyl (C=O) groups excluding carboxylic acids is 1. The zero-order valence-electron chi connectivity index (χ0n) is 12.1. The van der Waals surface area contributed by atoms with Crippen LogP contribution in [0, 0.1) is 0 Å². The van der Waals surface area contributed by atoms with Crippen LogP contribution in [0.2, 0.25) is 5.02 Å². The zero-order valence-corrected chi connectivity index (χ0v) is 12.9. The van der Waals surface area contributed by atoms with Gasteiger partial charge in [-0.3, -0.25) is 4.79 Å². The lowest BCUT2D eigenvalue weighted by Crippen LogP contribution is -2.15. The molecule has 0 spiro atoms. The van der Waals surface area contributed by atoms with Crippen LogP contribution in [0.1, 0.15) is 24.8 Å². The van der Waals surface area contributed by atoms with E-state index in [2.05, 4.69) is 5.32 Å². The summed E-state index contributed by atoms with van der Waals surface area (Å²) in [6.45, 7) is 2.03. The maximum Gasteiger partial charge on any atom is 0.225 e. The number of hydrogen-bond acceptors (Lipinski definition) is 2. The van der Waals surface area contributed by atoms with Crippen molar-refractivity contribution in [2.24, 2.45) is 0 Å². The zero-order chi connectivity index (χ0) is 15.2. The van der Waals surface area contributed by atoms with E-state index in [1.165, 1.54) is 0 Å². The number of anilines is 1. The molecule has 0 aliphatic heterocycles. The van der Waals surface area contributed by atoms with E-state index in [0.717, 1.165) is 5.56 Å². The van der Waals surface area contributed by atoms with Crippen LogP contribution in [-0.2, 0) is 4.79 Å². The quantitative estimate of drug-likeness (QED) is 0.884. The van der Waals surface area contributed by atoms with Crippen LogP contribution >= 0.6 is 11.6 Å². The minimum Gasteiger partial charge on any atom is -0.495 e. The summed E-state index contributed by atoms with van der Waals surface area (Å²) in [7, 11) is 1.56. The molecule has 1 amide bonds. The predicted octanol–water partition coefficient (Wildman–Crippen LogP) is 4.48. The fourth-order valence-electron chi connectivity index (χ4n) is 2.16. The summed E-state index contributed by atoms with van der Waals surface area (Å²) >= 11 is 5.95. The van der Waals surface area contributed by atoms with Crippen molar-refractivity contribution in [2.45, 2.75) is 19.3 Å². The van der Waals surface area contributed by atoms with Crippen LogP contribution in [0.5, 0.6) is 5.75 Å². The van der Waals surface area contributed by atoms with Gasteiger partial charge in [0.05, 0.1) is 12.8 Å². The number of hydrogen-bond donors (Lipinski definition) is 1. The Kier molecular flexibility index (Phi) is 5.23. The van der Waals surface area contributed by atoms with E-state index >= 15 is 0 Å². The Balaban J connectivity index is 2.04. The molecule has 2 rings (SSSR count). The number of halogens is 1. The van der Waals surface area contributed by atoms with Gasteiger partial charge < -0.3 is 10.1 Å². The van der Waals surface area contributed by atoms with Crippen LogP contribution in [0.3, 0.4) is 0 Å². The molecule has 1 atom stereocenters. The number of carbonyl (C=O) groups is 1. The monoisotopic (exact) mass is 303 g/mol. The molecule has 0 aliphatic rings. The molecule has 3 nitrogen and oxygen atoms in total. The second kappa shape index (κ2) is 7.14. The largest absolute Gasteiger partial charge is 0.495 e. The highest BCUT2D eigenvalue weighted by molar-refractivity contribution is 6.31. The van der Waals surface area contributed by atoms with E-state index in [-0.39, 0.29) is 11.8 Å². The molecule has 0 heterocycles. The third kappa shape index (κ3) is 4.23. The Hall–Kier alpha value is -2.00. The summed E-state index contributed by atoms with van der Waals surface area (Å²) in [5, 5.41) is 3.41. The molecular formula is C17H18ClNO2. The first-order valence-electron chi connectivity index (χ1n) is 6.78. The van der Waals surface area contributed by atoms with E-state index in [0.29, 0.717) is 22.9 Å². The summed E-state index contributed by atoms with van der Waals surface area (Å²) < 4.78 is 5.22. The van der Waals surface area contributed by atoms with E-state index in [1.807, 2.05) is 37.3 Å². The predicted molar refractivity (Wildman–Crippen MR) is 86.1 cm³/mol. The SMILES string of the molecule is COc1ccc(Cl)cc1NC(=O)C[C@H](C)c1ccccc1. The minimum absolute atomic E-state index is 0.0630. The maximum atomic E-state index is 12.2. The molecule has 21 heavy (non-hydrogen) atoms. The van der Waals surface area contributed by atoms with Gasteiger partial charge in [0, 0.05) is 11.4 Å². The average Bonchev–Trinajstić information content (AvgIpc) is 2.48. The number of methoxy groups -OCH3 is 1. The lowest BCUT2D eigenvalue weighted by molar-refractivity contribution is -0.116. The van der Waals surface area contributed by atoms with Crippen molar-refractivity contribution in [1.29, 1.82) is 0 Å².